The Balaban J connectivity index is 2.08. The van der Waals surface area contributed by atoms with Gasteiger partial charge in [0.05, 0.1) is 6.10 Å². The molecule has 17 heavy (non-hydrogen) atoms. The van der Waals surface area contributed by atoms with E-state index >= 15 is 0 Å². The summed E-state index contributed by atoms with van der Waals surface area (Å²) in [6.07, 6.45) is 4.78. The van der Waals surface area contributed by atoms with Gasteiger partial charge in [-0.1, -0.05) is 31.5 Å². The molecule has 1 aromatic rings. The molecular formula is C14H20ClNO. The van der Waals surface area contributed by atoms with Gasteiger partial charge in [-0.25, -0.2) is 4.98 Å². The third-order valence-corrected chi connectivity index (χ3v) is 3.98. The molecule has 94 valence electrons. The lowest BCUT2D eigenvalue weighted by Gasteiger charge is -2.34. The molecule has 1 aromatic heterocycles. The Morgan fingerprint density at radius 1 is 1.24 bits per heavy atom. The van der Waals surface area contributed by atoms with E-state index in [1.807, 2.05) is 6.07 Å². The summed E-state index contributed by atoms with van der Waals surface area (Å²) in [5.74, 6) is 1.77. The van der Waals surface area contributed by atoms with Crippen LogP contribution in [0.5, 0.6) is 0 Å². The zero-order valence-electron chi connectivity index (χ0n) is 10.4. The van der Waals surface area contributed by atoms with Crippen molar-refractivity contribution < 1.29 is 5.11 Å². The molecule has 0 bridgehead atoms. The minimum Gasteiger partial charge on any atom is -0.388 e. The van der Waals surface area contributed by atoms with Crippen molar-refractivity contribution in [2.24, 2.45) is 17.8 Å². The molecule has 0 saturated heterocycles. The highest BCUT2D eigenvalue weighted by Crippen LogP contribution is 2.39. The van der Waals surface area contributed by atoms with Crippen LogP contribution in [0.25, 0.3) is 0 Å². The molecule has 1 N–H and O–H groups in total. The molecule has 0 aliphatic heterocycles. The van der Waals surface area contributed by atoms with Gasteiger partial charge in [-0.2, -0.15) is 0 Å². The average molecular weight is 254 g/mol. The summed E-state index contributed by atoms with van der Waals surface area (Å²) in [7, 11) is 0. The molecule has 0 amide bonds. The van der Waals surface area contributed by atoms with Gasteiger partial charge in [-0.05, 0) is 48.6 Å². The molecule has 1 aliphatic carbocycles. The van der Waals surface area contributed by atoms with E-state index in [0.29, 0.717) is 22.9 Å². The number of pyridine rings is 1. The van der Waals surface area contributed by atoms with Crippen molar-refractivity contribution >= 4 is 11.6 Å². The largest absolute Gasteiger partial charge is 0.388 e. The van der Waals surface area contributed by atoms with E-state index in [2.05, 4.69) is 18.8 Å². The van der Waals surface area contributed by atoms with Gasteiger partial charge in [-0.3, -0.25) is 0 Å². The molecule has 1 saturated carbocycles. The van der Waals surface area contributed by atoms with E-state index < -0.39 is 6.10 Å². The predicted molar refractivity (Wildman–Crippen MR) is 69.9 cm³/mol. The molecule has 1 aliphatic rings. The van der Waals surface area contributed by atoms with E-state index in [4.69, 9.17) is 11.6 Å². The summed E-state index contributed by atoms with van der Waals surface area (Å²) >= 11 is 5.76. The van der Waals surface area contributed by atoms with Crippen molar-refractivity contribution in [3.63, 3.8) is 0 Å². The summed E-state index contributed by atoms with van der Waals surface area (Å²) < 4.78 is 0. The van der Waals surface area contributed by atoms with Crippen LogP contribution in [-0.4, -0.2) is 10.1 Å². The molecule has 3 heteroatoms. The summed E-state index contributed by atoms with van der Waals surface area (Å²) in [5, 5.41) is 10.9. The van der Waals surface area contributed by atoms with Crippen LogP contribution in [0, 0.1) is 17.8 Å². The number of hydrogen-bond acceptors (Lipinski definition) is 2. The number of hydrogen-bond donors (Lipinski definition) is 1. The van der Waals surface area contributed by atoms with Crippen molar-refractivity contribution in [2.75, 3.05) is 0 Å². The topological polar surface area (TPSA) is 33.1 Å². The van der Waals surface area contributed by atoms with Crippen LogP contribution < -0.4 is 0 Å². The molecular weight excluding hydrogens is 234 g/mol. The molecule has 3 atom stereocenters. The highest BCUT2D eigenvalue weighted by Gasteiger charge is 2.29. The Morgan fingerprint density at radius 3 is 2.41 bits per heavy atom. The minimum atomic E-state index is -0.398. The molecule has 2 nitrogen and oxygen atoms in total. The number of aliphatic hydroxyl groups is 1. The van der Waals surface area contributed by atoms with Gasteiger partial charge in [0.15, 0.2) is 0 Å². The Hall–Kier alpha value is -0.600. The first-order valence-electron chi connectivity index (χ1n) is 6.35. The van der Waals surface area contributed by atoms with Crippen LogP contribution in [0.1, 0.15) is 44.8 Å². The van der Waals surface area contributed by atoms with Crippen molar-refractivity contribution in [1.29, 1.82) is 0 Å². The first-order valence-corrected chi connectivity index (χ1v) is 6.73. The highest BCUT2D eigenvalue weighted by atomic mass is 35.5. The van der Waals surface area contributed by atoms with E-state index in [1.54, 1.807) is 12.3 Å². The lowest BCUT2D eigenvalue weighted by Crippen LogP contribution is -2.24. The van der Waals surface area contributed by atoms with Crippen LogP contribution in [0.2, 0.25) is 5.15 Å². The maximum Gasteiger partial charge on any atom is 0.129 e. The molecule has 0 aromatic carbocycles. The van der Waals surface area contributed by atoms with E-state index in [9.17, 15) is 5.11 Å². The SMILES string of the molecule is CC1CC(C)CC(C(O)c2ccc(Cl)nc2)C1. The lowest BCUT2D eigenvalue weighted by atomic mass is 9.73. The summed E-state index contributed by atoms with van der Waals surface area (Å²) in [6.45, 7) is 4.55. The van der Waals surface area contributed by atoms with Crippen molar-refractivity contribution in [1.82, 2.24) is 4.98 Å². The average Bonchev–Trinajstić information content (AvgIpc) is 2.28. The van der Waals surface area contributed by atoms with Gasteiger partial charge in [0.2, 0.25) is 0 Å². The number of aromatic nitrogens is 1. The van der Waals surface area contributed by atoms with Crippen LogP contribution in [0.4, 0.5) is 0 Å². The Bertz CT molecular complexity index is 355. The third-order valence-electron chi connectivity index (χ3n) is 3.75. The zero-order chi connectivity index (χ0) is 12.4. The van der Waals surface area contributed by atoms with Gasteiger partial charge < -0.3 is 5.11 Å². The normalized spacial score (nSPS) is 31.2. The Morgan fingerprint density at radius 2 is 1.88 bits per heavy atom. The second-order valence-corrected chi connectivity index (χ2v) is 5.92. The lowest BCUT2D eigenvalue weighted by molar-refractivity contribution is 0.0549. The smallest absolute Gasteiger partial charge is 0.129 e. The number of nitrogens with zero attached hydrogens (tertiary/aromatic N) is 1. The van der Waals surface area contributed by atoms with Gasteiger partial charge in [0, 0.05) is 6.20 Å². The summed E-state index contributed by atoms with van der Waals surface area (Å²) in [5.41, 5.74) is 0.890. The molecule has 0 radical (unpaired) electrons. The molecule has 1 fully saturated rings. The first kappa shape index (κ1) is 12.8. The minimum absolute atomic E-state index is 0.358. The predicted octanol–water partition coefficient (Wildman–Crippen LogP) is 3.84. The van der Waals surface area contributed by atoms with E-state index in [1.165, 1.54) is 6.42 Å². The fourth-order valence-electron chi connectivity index (χ4n) is 3.10. The van der Waals surface area contributed by atoms with Crippen molar-refractivity contribution in [2.45, 2.75) is 39.2 Å². The monoisotopic (exact) mass is 253 g/mol. The van der Waals surface area contributed by atoms with Gasteiger partial charge in [0.25, 0.3) is 0 Å². The van der Waals surface area contributed by atoms with Crippen molar-refractivity contribution in [3.05, 3.63) is 29.0 Å². The summed E-state index contributed by atoms with van der Waals surface area (Å²) in [6, 6.07) is 3.62. The fourth-order valence-corrected chi connectivity index (χ4v) is 3.21. The molecule has 2 rings (SSSR count). The second-order valence-electron chi connectivity index (χ2n) is 5.54. The van der Waals surface area contributed by atoms with E-state index in [-0.39, 0.29) is 0 Å². The zero-order valence-corrected chi connectivity index (χ0v) is 11.2. The van der Waals surface area contributed by atoms with E-state index in [0.717, 1.165) is 18.4 Å². The number of aliphatic hydroxyl groups excluding tert-OH is 1. The Labute approximate surface area is 108 Å². The molecule has 3 unspecified atom stereocenters. The standard InChI is InChI=1S/C14H20ClNO/c1-9-5-10(2)7-12(6-9)14(17)11-3-4-13(15)16-8-11/h3-4,8-10,12,14,17H,5-7H2,1-2H3. The molecule has 0 spiro atoms. The quantitative estimate of drug-likeness (QED) is 0.813. The second kappa shape index (κ2) is 5.36. The highest BCUT2D eigenvalue weighted by molar-refractivity contribution is 6.29. The molecule has 1 heterocycles. The maximum absolute atomic E-state index is 10.4. The number of halogens is 1. The Kier molecular flexibility index (Phi) is 4.05. The maximum atomic E-state index is 10.4. The first-order chi connectivity index (χ1) is 8.06. The van der Waals surface area contributed by atoms with Gasteiger partial charge >= 0.3 is 0 Å². The van der Waals surface area contributed by atoms with Crippen molar-refractivity contribution in [3.8, 4) is 0 Å². The van der Waals surface area contributed by atoms with Crippen LogP contribution >= 0.6 is 11.6 Å². The summed E-state index contributed by atoms with van der Waals surface area (Å²) in [4.78, 5) is 4.04. The fraction of sp³-hybridized carbons (Fsp3) is 0.643. The van der Waals surface area contributed by atoms with Crippen LogP contribution in [-0.2, 0) is 0 Å². The third kappa shape index (κ3) is 3.20. The van der Waals surface area contributed by atoms with Crippen LogP contribution in [0.3, 0.4) is 0 Å². The van der Waals surface area contributed by atoms with Crippen LogP contribution in [0.15, 0.2) is 18.3 Å². The number of rotatable bonds is 2. The van der Waals surface area contributed by atoms with Gasteiger partial charge in [0.1, 0.15) is 5.15 Å². The van der Waals surface area contributed by atoms with Gasteiger partial charge in [-0.15, -0.1) is 0 Å².